The fraction of sp³-hybridized carbons (Fsp3) is 0.407. The van der Waals surface area contributed by atoms with Gasteiger partial charge >= 0.3 is 0 Å². The van der Waals surface area contributed by atoms with Gasteiger partial charge in [-0.15, -0.1) is 0 Å². The zero-order valence-electron chi connectivity index (χ0n) is 22.1. The van der Waals surface area contributed by atoms with Crippen molar-refractivity contribution in [3.63, 3.8) is 0 Å². The molecule has 192 valence electrons. The molecule has 0 atom stereocenters. The minimum atomic E-state index is -0.600. The van der Waals surface area contributed by atoms with E-state index in [0.717, 1.165) is 16.8 Å². The highest BCUT2D eigenvalue weighted by atomic mass is 16.2. The molecule has 4 aromatic rings. The van der Waals surface area contributed by atoms with Gasteiger partial charge in [-0.3, -0.25) is 14.7 Å². The molecule has 4 heterocycles. The van der Waals surface area contributed by atoms with Gasteiger partial charge in [-0.05, 0) is 39.7 Å². The number of carbonyl (C=O) groups excluding carboxylic acids is 2. The number of imidazole rings is 1. The van der Waals surface area contributed by atoms with Gasteiger partial charge in [0.15, 0.2) is 5.65 Å². The second kappa shape index (κ2) is 9.10. The lowest BCUT2D eigenvalue weighted by Gasteiger charge is -2.46. The number of hydrogen-bond acceptors (Lipinski definition) is 6. The highest BCUT2D eigenvalue weighted by Gasteiger charge is 2.40. The minimum absolute atomic E-state index is 0.176. The molecule has 1 N–H and O–H groups in total. The van der Waals surface area contributed by atoms with Crippen molar-refractivity contribution < 1.29 is 9.59 Å². The lowest BCUT2D eigenvalue weighted by Crippen LogP contribution is -2.62. The number of carbonyl (C=O) groups is 2. The number of hydrogen-bond donors (Lipinski definition) is 1. The van der Waals surface area contributed by atoms with Crippen LogP contribution in [0.4, 0.5) is 0 Å². The minimum Gasteiger partial charge on any atom is -0.332 e. The van der Waals surface area contributed by atoms with Crippen LogP contribution in [0.3, 0.4) is 0 Å². The molecule has 1 aromatic carbocycles. The normalized spacial score (nSPS) is 15.5. The molecular weight excluding hydrogens is 468 g/mol. The Bertz CT molecular complexity index is 1480. The molecule has 0 aliphatic carbocycles. The number of nitrogens with zero attached hydrogens (tertiary/aromatic N) is 7. The van der Waals surface area contributed by atoms with Crippen LogP contribution in [0, 0.1) is 13.8 Å². The highest BCUT2D eigenvalue weighted by molar-refractivity contribution is 5.94. The molecule has 1 aliphatic heterocycles. The summed E-state index contributed by atoms with van der Waals surface area (Å²) in [4.78, 5) is 39.0. The number of nitrogens with one attached hydrogen (secondary N) is 1. The summed E-state index contributed by atoms with van der Waals surface area (Å²) in [5, 5.41) is 11.4. The van der Waals surface area contributed by atoms with Crippen molar-refractivity contribution in [3.05, 3.63) is 65.0 Å². The van der Waals surface area contributed by atoms with Gasteiger partial charge in [0.1, 0.15) is 11.5 Å². The number of benzene rings is 1. The van der Waals surface area contributed by atoms with Crippen LogP contribution in [0.5, 0.6) is 0 Å². The predicted molar refractivity (Wildman–Crippen MR) is 139 cm³/mol. The SMILES string of the molecule is Cc1ccc(-c2cc(C(C)C)c3nc(C(=O)N4CCN(C(=O)c5nc(C)n[nH]5)CC4(C)C)cn3n2)cc1. The fourth-order valence-electron chi connectivity index (χ4n) is 4.83. The van der Waals surface area contributed by atoms with Gasteiger partial charge in [0.2, 0.25) is 5.82 Å². The molecule has 3 aromatic heterocycles. The van der Waals surface area contributed by atoms with Gasteiger partial charge in [-0.1, -0.05) is 43.7 Å². The first-order chi connectivity index (χ1) is 17.5. The average Bonchev–Trinajstić information content (AvgIpc) is 3.48. The van der Waals surface area contributed by atoms with Gasteiger partial charge in [-0.25, -0.2) is 14.5 Å². The maximum Gasteiger partial charge on any atom is 0.291 e. The summed E-state index contributed by atoms with van der Waals surface area (Å²) in [6, 6.07) is 10.3. The van der Waals surface area contributed by atoms with Crippen molar-refractivity contribution in [3.8, 4) is 11.3 Å². The summed E-state index contributed by atoms with van der Waals surface area (Å²) in [6.07, 6.45) is 1.71. The van der Waals surface area contributed by atoms with Crippen molar-refractivity contribution >= 4 is 17.5 Å². The van der Waals surface area contributed by atoms with Crippen LogP contribution in [0.1, 0.15) is 71.7 Å². The van der Waals surface area contributed by atoms with E-state index in [4.69, 9.17) is 10.1 Å². The Balaban J connectivity index is 1.43. The molecule has 1 saturated heterocycles. The fourth-order valence-corrected chi connectivity index (χ4v) is 4.83. The second-order valence-electron chi connectivity index (χ2n) is 10.6. The molecule has 10 nitrogen and oxygen atoms in total. The van der Waals surface area contributed by atoms with Crippen LogP contribution in [0.2, 0.25) is 0 Å². The Labute approximate surface area is 215 Å². The first-order valence-corrected chi connectivity index (χ1v) is 12.5. The molecule has 0 radical (unpaired) electrons. The standard InChI is InChI=1S/C27H32N8O2/c1-16(2)20-13-21(19-9-7-17(3)8-10-19)32-35-14-22(29-24(20)35)25(36)34-12-11-33(15-27(34,5)6)26(37)23-28-18(4)30-31-23/h7-10,13-14,16H,11-12,15H2,1-6H3,(H,28,30,31). The third-order valence-corrected chi connectivity index (χ3v) is 6.88. The summed E-state index contributed by atoms with van der Waals surface area (Å²) >= 11 is 0. The number of rotatable bonds is 4. The molecule has 0 saturated carbocycles. The quantitative estimate of drug-likeness (QED) is 0.458. The van der Waals surface area contributed by atoms with Gasteiger partial charge < -0.3 is 9.80 Å². The zero-order chi connectivity index (χ0) is 26.5. The van der Waals surface area contributed by atoms with Crippen LogP contribution in [-0.2, 0) is 0 Å². The maximum atomic E-state index is 13.7. The molecule has 2 amide bonds. The number of H-pyrrole nitrogens is 1. The average molecular weight is 501 g/mol. The van der Waals surface area contributed by atoms with E-state index >= 15 is 0 Å². The molecule has 0 spiro atoms. The van der Waals surface area contributed by atoms with Crippen LogP contribution in [-0.4, -0.2) is 76.6 Å². The van der Waals surface area contributed by atoms with Gasteiger partial charge in [0.05, 0.1) is 17.4 Å². The predicted octanol–water partition coefficient (Wildman–Crippen LogP) is 3.63. The lowest BCUT2D eigenvalue weighted by molar-refractivity contribution is 0.0160. The van der Waals surface area contributed by atoms with E-state index in [-0.39, 0.29) is 23.6 Å². The summed E-state index contributed by atoms with van der Waals surface area (Å²) < 4.78 is 1.72. The summed E-state index contributed by atoms with van der Waals surface area (Å²) in [6.45, 7) is 13.1. The maximum absolute atomic E-state index is 13.7. The first-order valence-electron chi connectivity index (χ1n) is 12.5. The molecule has 1 aliphatic rings. The first kappa shape index (κ1) is 24.6. The van der Waals surface area contributed by atoms with Crippen molar-refractivity contribution in [1.29, 1.82) is 0 Å². The monoisotopic (exact) mass is 500 g/mol. The Hall–Kier alpha value is -4.08. The largest absolute Gasteiger partial charge is 0.332 e. The molecule has 37 heavy (non-hydrogen) atoms. The third kappa shape index (κ3) is 4.59. The number of aromatic amines is 1. The zero-order valence-corrected chi connectivity index (χ0v) is 22.1. The van der Waals surface area contributed by atoms with E-state index in [1.807, 2.05) is 13.8 Å². The van der Waals surface area contributed by atoms with Crippen LogP contribution in [0.15, 0.2) is 36.5 Å². The molecule has 0 bridgehead atoms. The smallest absolute Gasteiger partial charge is 0.291 e. The van der Waals surface area contributed by atoms with Crippen LogP contribution >= 0.6 is 0 Å². The van der Waals surface area contributed by atoms with Crippen LogP contribution in [0.25, 0.3) is 16.9 Å². The van der Waals surface area contributed by atoms with E-state index in [9.17, 15) is 9.59 Å². The molecule has 5 rings (SSSR count). The summed E-state index contributed by atoms with van der Waals surface area (Å²) in [5.41, 5.74) is 4.49. The van der Waals surface area contributed by atoms with Gasteiger partial charge in [0, 0.05) is 30.8 Å². The van der Waals surface area contributed by atoms with E-state index in [0.29, 0.717) is 36.8 Å². The third-order valence-electron chi connectivity index (χ3n) is 6.88. The Morgan fingerprint density at radius 2 is 1.76 bits per heavy atom. The van der Waals surface area contributed by atoms with Crippen molar-refractivity contribution in [2.24, 2.45) is 0 Å². The van der Waals surface area contributed by atoms with Gasteiger partial charge in [0.25, 0.3) is 11.8 Å². The Kier molecular flexibility index (Phi) is 6.05. The molecule has 0 unspecified atom stereocenters. The van der Waals surface area contributed by atoms with Crippen molar-refractivity contribution in [2.45, 2.75) is 53.0 Å². The Morgan fingerprint density at radius 3 is 2.38 bits per heavy atom. The van der Waals surface area contributed by atoms with E-state index in [2.05, 4.69) is 66.3 Å². The molecule has 1 fully saturated rings. The lowest BCUT2D eigenvalue weighted by atomic mass is 9.98. The topological polar surface area (TPSA) is 112 Å². The van der Waals surface area contributed by atoms with Crippen molar-refractivity contribution in [1.82, 2.24) is 39.6 Å². The number of fused-ring (bicyclic) bond motifs is 1. The number of aromatic nitrogens is 6. The highest BCUT2D eigenvalue weighted by Crippen LogP contribution is 2.28. The van der Waals surface area contributed by atoms with E-state index < -0.39 is 5.54 Å². The van der Waals surface area contributed by atoms with E-state index in [1.54, 1.807) is 27.4 Å². The Morgan fingerprint density at radius 1 is 1.03 bits per heavy atom. The van der Waals surface area contributed by atoms with Crippen molar-refractivity contribution in [2.75, 3.05) is 19.6 Å². The summed E-state index contributed by atoms with van der Waals surface area (Å²) in [5.74, 6) is 0.534. The molecular formula is C27H32N8O2. The van der Waals surface area contributed by atoms with Crippen LogP contribution < -0.4 is 0 Å². The van der Waals surface area contributed by atoms with E-state index in [1.165, 1.54) is 5.56 Å². The number of piperazine rings is 1. The molecule has 10 heteroatoms. The number of aryl methyl sites for hydroxylation is 2. The van der Waals surface area contributed by atoms with Gasteiger partial charge in [-0.2, -0.15) is 10.2 Å². The second-order valence-corrected chi connectivity index (χ2v) is 10.6. The number of amides is 2. The summed E-state index contributed by atoms with van der Waals surface area (Å²) in [7, 11) is 0.